The Balaban J connectivity index is 2.42. The first kappa shape index (κ1) is 18.5. The summed E-state index contributed by atoms with van der Waals surface area (Å²) in [6, 6.07) is 21.9. The Hall–Kier alpha value is -1.82. The average Bonchev–Trinajstić information content (AvgIpc) is 2.55. The first-order valence-corrected chi connectivity index (χ1v) is 9.22. The third kappa shape index (κ3) is 5.09. The highest BCUT2D eigenvalue weighted by Gasteiger charge is 2.29. The third-order valence-electron chi connectivity index (χ3n) is 4.59. The number of benzene rings is 2. The lowest BCUT2D eigenvalue weighted by atomic mass is 9.71. The minimum absolute atomic E-state index is 0.159. The van der Waals surface area contributed by atoms with Gasteiger partial charge >= 0.3 is 0 Å². The molecule has 0 radical (unpaired) electrons. The van der Waals surface area contributed by atoms with Crippen LogP contribution in [0.3, 0.4) is 0 Å². The predicted octanol–water partition coefficient (Wildman–Crippen LogP) is 7.12. The van der Waals surface area contributed by atoms with Gasteiger partial charge in [-0.3, -0.25) is 0 Å². The Labute approximate surface area is 148 Å². The van der Waals surface area contributed by atoms with Crippen LogP contribution in [0.15, 0.2) is 66.7 Å². The zero-order valence-electron chi connectivity index (χ0n) is 15.9. The molecule has 0 fully saturated rings. The van der Waals surface area contributed by atoms with Crippen molar-refractivity contribution in [1.82, 2.24) is 0 Å². The van der Waals surface area contributed by atoms with Crippen molar-refractivity contribution in [1.29, 1.82) is 0 Å². The summed E-state index contributed by atoms with van der Waals surface area (Å²) in [4.78, 5) is 0. The van der Waals surface area contributed by atoms with Crippen LogP contribution in [0.5, 0.6) is 0 Å². The fourth-order valence-electron chi connectivity index (χ4n) is 3.77. The number of rotatable bonds is 7. The second-order valence-electron chi connectivity index (χ2n) is 8.00. The van der Waals surface area contributed by atoms with Crippen LogP contribution >= 0.6 is 0 Å². The molecule has 0 nitrogen and oxygen atoms in total. The molecule has 128 valence electrons. The Morgan fingerprint density at radius 3 is 1.92 bits per heavy atom. The van der Waals surface area contributed by atoms with Crippen LogP contribution in [0.4, 0.5) is 0 Å². The SMILES string of the molecule is CC(C)C=C(CC(C)(CC(C)C)c1ccccc1)c1ccccc1. The Bertz CT molecular complexity index is 634. The van der Waals surface area contributed by atoms with Crippen LogP contribution < -0.4 is 0 Å². The average molecular weight is 321 g/mol. The van der Waals surface area contributed by atoms with Crippen molar-refractivity contribution in [2.45, 2.75) is 52.9 Å². The second-order valence-corrected chi connectivity index (χ2v) is 8.00. The largest absolute Gasteiger partial charge is 0.0781 e. The van der Waals surface area contributed by atoms with Crippen molar-refractivity contribution in [3.05, 3.63) is 77.9 Å². The predicted molar refractivity (Wildman–Crippen MR) is 107 cm³/mol. The van der Waals surface area contributed by atoms with E-state index in [2.05, 4.69) is 101 Å². The standard InChI is InChI=1S/C24H32/c1-19(2)16-22(21-12-8-6-9-13-21)18-24(5,17-20(3)4)23-14-10-7-11-15-23/h6-16,19-20H,17-18H2,1-5H3. The van der Waals surface area contributed by atoms with Gasteiger partial charge in [-0.1, -0.05) is 101 Å². The van der Waals surface area contributed by atoms with Crippen molar-refractivity contribution in [3.8, 4) is 0 Å². The van der Waals surface area contributed by atoms with E-state index in [0.29, 0.717) is 11.8 Å². The van der Waals surface area contributed by atoms with Gasteiger partial charge in [-0.05, 0) is 46.8 Å². The van der Waals surface area contributed by atoms with E-state index in [4.69, 9.17) is 0 Å². The summed E-state index contributed by atoms with van der Waals surface area (Å²) in [6.07, 6.45) is 4.72. The molecule has 0 bridgehead atoms. The molecule has 0 amide bonds. The molecule has 2 rings (SSSR count). The van der Waals surface area contributed by atoms with Gasteiger partial charge in [0.1, 0.15) is 0 Å². The molecule has 24 heavy (non-hydrogen) atoms. The van der Waals surface area contributed by atoms with Crippen molar-refractivity contribution < 1.29 is 0 Å². The Kier molecular flexibility index (Phi) is 6.43. The van der Waals surface area contributed by atoms with Gasteiger partial charge in [-0.2, -0.15) is 0 Å². The summed E-state index contributed by atoms with van der Waals surface area (Å²) < 4.78 is 0. The molecule has 2 aromatic carbocycles. The molecule has 0 aromatic heterocycles. The van der Waals surface area contributed by atoms with Crippen LogP contribution in [0, 0.1) is 11.8 Å². The van der Waals surface area contributed by atoms with Crippen molar-refractivity contribution in [3.63, 3.8) is 0 Å². The van der Waals surface area contributed by atoms with Gasteiger partial charge in [0.2, 0.25) is 0 Å². The Morgan fingerprint density at radius 1 is 0.875 bits per heavy atom. The van der Waals surface area contributed by atoms with Gasteiger partial charge in [0, 0.05) is 0 Å². The summed E-state index contributed by atoms with van der Waals surface area (Å²) >= 11 is 0. The van der Waals surface area contributed by atoms with E-state index in [9.17, 15) is 0 Å². The fourth-order valence-corrected chi connectivity index (χ4v) is 3.77. The molecule has 0 aliphatic carbocycles. The van der Waals surface area contributed by atoms with E-state index in [-0.39, 0.29) is 5.41 Å². The molecule has 2 aromatic rings. The number of hydrogen-bond donors (Lipinski definition) is 0. The second kappa shape index (κ2) is 8.33. The zero-order valence-corrected chi connectivity index (χ0v) is 15.9. The molecule has 0 spiro atoms. The first-order valence-electron chi connectivity index (χ1n) is 9.22. The summed E-state index contributed by atoms with van der Waals surface area (Å²) in [5, 5.41) is 0. The molecular formula is C24H32. The van der Waals surface area contributed by atoms with Crippen molar-refractivity contribution >= 4 is 5.57 Å². The van der Waals surface area contributed by atoms with E-state index in [1.807, 2.05) is 0 Å². The highest BCUT2D eigenvalue weighted by atomic mass is 14.3. The highest BCUT2D eigenvalue weighted by Crippen LogP contribution is 2.40. The van der Waals surface area contributed by atoms with Crippen LogP contribution in [0.2, 0.25) is 0 Å². The lowest BCUT2D eigenvalue weighted by Crippen LogP contribution is -2.25. The molecule has 0 saturated heterocycles. The van der Waals surface area contributed by atoms with Gasteiger partial charge < -0.3 is 0 Å². The number of hydrogen-bond acceptors (Lipinski definition) is 0. The van der Waals surface area contributed by atoms with E-state index in [1.165, 1.54) is 23.1 Å². The maximum Gasteiger partial charge on any atom is -0.00324 e. The quantitative estimate of drug-likeness (QED) is 0.509. The summed E-state index contributed by atoms with van der Waals surface area (Å²) in [6.45, 7) is 11.6. The minimum atomic E-state index is 0.159. The molecule has 1 atom stereocenters. The summed E-state index contributed by atoms with van der Waals surface area (Å²) in [7, 11) is 0. The van der Waals surface area contributed by atoms with E-state index in [0.717, 1.165) is 6.42 Å². The fraction of sp³-hybridized carbons (Fsp3) is 0.417. The van der Waals surface area contributed by atoms with Gasteiger partial charge in [-0.25, -0.2) is 0 Å². The van der Waals surface area contributed by atoms with Gasteiger partial charge in [0.15, 0.2) is 0 Å². The number of allylic oxidation sites excluding steroid dienone is 2. The smallest absolute Gasteiger partial charge is 0.00324 e. The molecule has 0 heterocycles. The van der Waals surface area contributed by atoms with Gasteiger partial charge in [0.05, 0.1) is 0 Å². The van der Waals surface area contributed by atoms with Crippen molar-refractivity contribution in [2.24, 2.45) is 11.8 Å². The maximum atomic E-state index is 2.44. The lowest BCUT2D eigenvalue weighted by molar-refractivity contribution is 0.375. The Morgan fingerprint density at radius 2 is 1.42 bits per heavy atom. The molecule has 0 N–H and O–H groups in total. The van der Waals surface area contributed by atoms with Gasteiger partial charge in [-0.15, -0.1) is 0 Å². The summed E-state index contributed by atoms with van der Waals surface area (Å²) in [5.41, 5.74) is 4.44. The molecule has 0 aliphatic rings. The molecule has 0 heteroatoms. The minimum Gasteiger partial charge on any atom is -0.0781 e. The van der Waals surface area contributed by atoms with Crippen LogP contribution in [-0.4, -0.2) is 0 Å². The first-order chi connectivity index (χ1) is 11.4. The monoisotopic (exact) mass is 320 g/mol. The van der Waals surface area contributed by atoms with Crippen molar-refractivity contribution in [2.75, 3.05) is 0 Å². The zero-order chi connectivity index (χ0) is 17.6. The van der Waals surface area contributed by atoms with Crippen LogP contribution in [0.25, 0.3) is 5.57 Å². The molecule has 1 unspecified atom stereocenters. The molecule has 0 saturated carbocycles. The van der Waals surface area contributed by atoms with E-state index >= 15 is 0 Å². The van der Waals surface area contributed by atoms with Crippen LogP contribution in [0.1, 0.15) is 58.6 Å². The highest BCUT2D eigenvalue weighted by molar-refractivity contribution is 5.67. The van der Waals surface area contributed by atoms with E-state index < -0.39 is 0 Å². The van der Waals surface area contributed by atoms with E-state index in [1.54, 1.807) is 0 Å². The molecule has 0 aliphatic heterocycles. The van der Waals surface area contributed by atoms with Crippen LogP contribution in [-0.2, 0) is 5.41 Å². The lowest BCUT2D eigenvalue weighted by Gasteiger charge is -2.33. The molecular weight excluding hydrogens is 288 g/mol. The normalized spacial score (nSPS) is 14.9. The summed E-state index contributed by atoms with van der Waals surface area (Å²) in [5.74, 6) is 1.23. The van der Waals surface area contributed by atoms with Gasteiger partial charge in [0.25, 0.3) is 0 Å². The maximum absolute atomic E-state index is 2.44. The topological polar surface area (TPSA) is 0 Å². The third-order valence-corrected chi connectivity index (χ3v) is 4.59.